The molecule has 0 spiro atoms. The van der Waals surface area contributed by atoms with Crippen molar-refractivity contribution in [1.82, 2.24) is 0 Å². The molecule has 2 N–H and O–H groups in total. The van der Waals surface area contributed by atoms with Crippen molar-refractivity contribution in [3.63, 3.8) is 0 Å². The van der Waals surface area contributed by atoms with Gasteiger partial charge in [-0.1, -0.05) is 29.8 Å². The van der Waals surface area contributed by atoms with Gasteiger partial charge >= 0.3 is 0 Å². The molecule has 1 atom stereocenters. The van der Waals surface area contributed by atoms with E-state index in [2.05, 4.69) is 10.6 Å². The second kappa shape index (κ2) is 6.99. The Bertz CT molecular complexity index is 617. The zero-order valence-corrected chi connectivity index (χ0v) is 12.6. The van der Waals surface area contributed by atoms with Crippen LogP contribution in [0.5, 0.6) is 5.75 Å². The van der Waals surface area contributed by atoms with E-state index >= 15 is 0 Å². The summed E-state index contributed by atoms with van der Waals surface area (Å²) >= 11 is 6.11. The number of ether oxygens (including phenoxy) is 1. The van der Waals surface area contributed by atoms with Gasteiger partial charge in [-0.15, -0.1) is 0 Å². The van der Waals surface area contributed by atoms with E-state index in [0.717, 1.165) is 5.69 Å². The Morgan fingerprint density at radius 2 is 1.90 bits per heavy atom. The van der Waals surface area contributed by atoms with Gasteiger partial charge in [-0.2, -0.15) is 0 Å². The van der Waals surface area contributed by atoms with E-state index in [4.69, 9.17) is 16.3 Å². The molecular formula is C16H17ClN2O2. The molecule has 5 heteroatoms. The number of hydrogen-bond acceptors (Lipinski definition) is 3. The lowest BCUT2D eigenvalue weighted by Crippen LogP contribution is -2.31. The van der Waals surface area contributed by atoms with Crippen LogP contribution in [0, 0.1) is 0 Å². The second-order valence-electron chi connectivity index (χ2n) is 4.57. The van der Waals surface area contributed by atoms with Crippen LogP contribution < -0.4 is 15.4 Å². The maximum absolute atomic E-state index is 12.1. The number of carbonyl (C=O) groups is 1. The molecule has 4 nitrogen and oxygen atoms in total. The van der Waals surface area contributed by atoms with E-state index < -0.39 is 6.04 Å². The number of benzene rings is 2. The van der Waals surface area contributed by atoms with Crippen LogP contribution in [0.3, 0.4) is 0 Å². The van der Waals surface area contributed by atoms with Crippen LogP contribution in [0.1, 0.15) is 6.92 Å². The lowest BCUT2D eigenvalue weighted by molar-refractivity contribution is -0.116. The van der Waals surface area contributed by atoms with Gasteiger partial charge in [0.15, 0.2) is 0 Å². The van der Waals surface area contributed by atoms with Gasteiger partial charge < -0.3 is 15.4 Å². The number of rotatable bonds is 5. The molecule has 2 aromatic carbocycles. The summed E-state index contributed by atoms with van der Waals surface area (Å²) in [4.78, 5) is 12.1. The highest BCUT2D eigenvalue weighted by molar-refractivity contribution is 6.33. The van der Waals surface area contributed by atoms with Gasteiger partial charge in [-0.05, 0) is 31.2 Å². The Morgan fingerprint density at radius 3 is 2.57 bits per heavy atom. The van der Waals surface area contributed by atoms with E-state index in [0.29, 0.717) is 16.5 Å². The van der Waals surface area contributed by atoms with Crippen LogP contribution in [0.4, 0.5) is 11.4 Å². The van der Waals surface area contributed by atoms with Crippen LogP contribution in [-0.4, -0.2) is 19.1 Å². The molecule has 2 rings (SSSR count). The maximum atomic E-state index is 12.1. The maximum Gasteiger partial charge on any atom is 0.246 e. The Labute approximate surface area is 129 Å². The number of methoxy groups -OCH3 is 1. The smallest absolute Gasteiger partial charge is 0.246 e. The zero-order chi connectivity index (χ0) is 15.2. The summed E-state index contributed by atoms with van der Waals surface area (Å²) in [5.74, 6) is 0.539. The predicted molar refractivity (Wildman–Crippen MR) is 86.2 cm³/mol. The minimum absolute atomic E-state index is 0.139. The topological polar surface area (TPSA) is 50.4 Å². The lowest BCUT2D eigenvalue weighted by Gasteiger charge is -2.17. The molecule has 110 valence electrons. The number of hydrogen-bond donors (Lipinski definition) is 2. The molecule has 0 radical (unpaired) electrons. The fourth-order valence-electron chi connectivity index (χ4n) is 1.81. The third-order valence-electron chi connectivity index (χ3n) is 2.98. The predicted octanol–water partition coefficient (Wildman–Crippen LogP) is 3.79. The van der Waals surface area contributed by atoms with Gasteiger partial charge in [0.05, 0.1) is 17.8 Å². The second-order valence-corrected chi connectivity index (χ2v) is 4.97. The highest BCUT2D eigenvalue weighted by Gasteiger charge is 2.14. The van der Waals surface area contributed by atoms with Crippen molar-refractivity contribution in [2.24, 2.45) is 0 Å². The number of halogens is 1. The molecule has 2 aromatic rings. The van der Waals surface area contributed by atoms with E-state index in [1.54, 1.807) is 32.2 Å². The highest BCUT2D eigenvalue weighted by Crippen LogP contribution is 2.27. The number of carbonyl (C=O) groups excluding carboxylic acids is 1. The quantitative estimate of drug-likeness (QED) is 0.883. The molecule has 0 heterocycles. The van der Waals surface area contributed by atoms with Crippen molar-refractivity contribution in [1.29, 1.82) is 0 Å². The molecule has 0 aliphatic carbocycles. The molecule has 21 heavy (non-hydrogen) atoms. The van der Waals surface area contributed by atoms with Gasteiger partial charge in [0.2, 0.25) is 5.91 Å². The molecule has 0 fully saturated rings. The van der Waals surface area contributed by atoms with Crippen LogP contribution >= 0.6 is 11.6 Å². The van der Waals surface area contributed by atoms with Gasteiger partial charge in [-0.25, -0.2) is 0 Å². The molecule has 1 unspecified atom stereocenters. The third kappa shape index (κ3) is 4.13. The van der Waals surface area contributed by atoms with E-state index in [-0.39, 0.29) is 5.91 Å². The summed E-state index contributed by atoms with van der Waals surface area (Å²) in [6, 6.07) is 14.1. The molecule has 0 aliphatic heterocycles. The average molecular weight is 305 g/mol. The first-order valence-electron chi connectivity index (χ1n) is 6.56. The van der Waals surface area contributed by atoms with Crippen molar-refractivity contribution in [2.75, 3.05) is 17.7 Å². The largest absolute Gasteiger partial charge is 0.497 e. The van der Waals surface area contributed by atoms with Gasteiger partial charge in [0.25, 0.3) is 0 Å². The molecule has 1 amide bonds. The van der Waals surface area contributed by atoms with Crippen LogP contribution in [0.25, 0.3) is 0 Å². The standard InChI is InChI=1S/C16H17ClN2O2/c1-11(16(20)19-12-6-4-3-5-7-12)18-15-10-13(21-2)8-9-14(15)17/h3-11,18H,1-2H3,(H,19,20). The summed E-state index contributed by atoms with van der Waals surface area (Å²) in [5.41, 5.74) is 1.42. The van der Waals surface area contributed by atoms with Gasteiger partial charge in [0, 0.05) is 11.8 Å². The molecular weight excluding hydrogens is 288 g/mol. The molecule has 0 saturated heterocycles. The molecule has 0 aromatic heterocycles. The Balaban J connectivity index is 2.04. The Morgan fingerprint density at radius 1 is 1.19 bits per heavy atom. The van der Waals surface area contributed by atoms with E-state index in [1.165, 1.54) is 0 Å². The third-order valence-corrected chi connectivity index (χ3v) is 3.31. The van der Waals surface area contributed by atoms with Crippen molar-refractivity contribution >= 4 is 28.9 Å². The highest BCUT2D eigenvalue weighted by atomic mass is 35.5. The van der Waals surface area contributed by atoms with Gasteiger partial charge in [-0.3, -0.25) is 4.79 Å². The van der Waals surface area contributed by atoms with Crippen molar-refractivity contribution in [3.8, 4) is 5.75 Å². The average Bonchev–Trinajstić information content (AvgIpc) is 2.50. The molecule has 0 bridgehead atoms. The first kappa shape index (κ1) is 15.2. The molecule has 0 saturated carbocycles. The van der Waals surface area contributed by atoms with Crippen molar-refractivity contribution in [3.05, 3.63) is 53.6 Å². The van der Waals surface area contributed by atoms with E-state index in [1.807, 2.05) is 30.3 Å². The summed E-state index contributed by atoms with van der Waals surface area (Å²) in [5, 5.41) is 6.45. The minimum atomic E-state index is -0.435. The summed E-state index contributed by atoms with van der Waals surface area (Å²) in [6.07, 6.45) is 0. The van der Waals surface area contributed by atoms with Crippen LogP contribution in [0.15, 0.2) is 48.5 Å². The molecule has 0 aliphatic rings. The van der Waals surface area contributed by atoms with Crippen molar-refractivity contribution in [2.45, 2.75) is 13.0 Å². The number of nitrogens with one attached hydrogen (secondary N) is 2. The number of anilines is 2. The Kier molecular flexibility index (Phi) is 5.06. The van der Waals surface area contributed by atoms with Crippen LogP contribution in [-0.2, 0) is 4.79 Å². The fourth-order valence-corrected chi connectivity index (χ4v) is 1.98. The number of para-hydroxylation sites is 1. The SMILES string of the molecule is COc1ccc(Cl)c(NC(C)C(=O)Nc2ccccc2)c1. The normalized spacial score (nSPS) is 11.6. The zero-order valence-electron chi connectivity index (χ0n) is 11.9. The monoisotopic (exact) mass is 304 g/mol. The summed E-state index contributed by atoms with van der Waals surface area (Å²) < 4.78 is 5.15. The van der Waals surface area contributed by atoms with Crippen molar-refractivity contribution < 1.29 is 9.53 Å². The van der Waals surface area contributed by atoms with Gasteiger partial charge in [0.1, 0.15) is 11.8 Å². The first-order valence-corrected chi connectivity index (χ1v) is 6.94. The van der Waals surface area contributed by atoms with Crippen LogP contribution in [0.2, 0.25) is 5.02 Å². The van der Waals surface area contributed by atoms with E-state index in [9.17, 15) is 4.79 Å². The Hall–Kier alpha value is -2.20. The first-order chi connectivity index (χ1) is 10.1. The fraction of sp³-hybridized carbons (Fsp3) is 0.188. The summed E-state index contributed by atoms with van der Waals surface area (Å²) in [6.45, 7) is 1.77. The minimum Gasteiger partial charge on any atom is -0.497 e. The summed E-state index contributed by atoms with van der Waals surface area (Å²) in [7, 11) is 1.58. The lowest BCUT2D eigenvalue weighted by atomic mass is 10.2. The number of amides is 1.